The Hall–Kier alpha value is -4.10. The molecular formula is C29H26NO6+. The summed E-state index contributed by atoms with van der Waals surface area (Å²) in [7, 11) is 0. The number of carbonyl (C=O) groups excluding carboxylic acids is 1. The SMILES string of the molecule is C[C@@H]1CCC[N+]1(C(=O)O)C(=O)c1cc2cc3c(cc2c2cc(OCc4ccccc4)ccc12)OCO3. The van der Waals surface area contributed by atoms with Gasteiger partial charge in [0.05, 0.1) is 12.1 Å². The number of rotatable bonds is 4. The Labute approximate surface area is 208 Å². The monoisotopic (exact) mass is 484 g/mol. The van der Waals surface area contributed by atoms with E-state index in [9.17, 15) is 14.7 Å². The molecule has 0 aliphatic carbocycles. The van der Waals surface area contributed by atoms with Crippen LogP contribution >= 0.6 is 0 Å². The number of carbonyl (C=O) groups is 2. The first-order valence-electron chi connectivity index (χ1n) is 12.1. The maximum Gasteiger partial charge on any atom is 0.521 e. The maximum absolute atomic E-state index is 14.0. The second-order valence-corrected chi connectivity index (χ2v) is 9.50. The number of carboxylic acid groups (broad SMARTS) is 1. The van der Waals surface area contributed by atoms with Gasteiger partial charge >= 0.3 is 12.0 Å². The van der Waals surface area contributed by atoms with Gasteiger partial charge in [0.25, 0.3) is 0 Å². The van der Waals surface area contributed by atoms with Gasteiger partial charge in [-0.3, -0.25) is 0 Å². The highest BCUT2D eigenvalue weighted by Crippen LogP contribution is 2.42. The molecule has 1 fully saturated rings. The van der Waals surface area contributed by atoms with E-state index >= 15 is 0 Å². The highest BCUT2D eigenvalue weighted by Gasteiger charge is 2.53. The highest BCUT2D eigenvalue weighted by atomic mass is 16.7. The van der Waals surface area contributed by atoms with Crippen molar-refractivity contribution < 1.29 is 33.4 Å². The van der Waals surface area contributed by atoms with Crippen molar-refractivity contribution in [3.05, 3.63) is 77.9 Å². The Morgan fingerprint density at radius 2 is 1.75 bits per heavy atom. The van der Waals surface area contributed by atoms with Crippen molar-refractivity contribution in [2.24, 2.45) is 0 Å². The molecule has 6 rings (SSSR count). The number of hydrogen-bond donors (Lipinski definition) is 1. The normalized spacial score (nSPS) is 20.6. The minimum Gasteiger partial charge on any atom is -0.489 e. The lowest BCUT2D eigenvalue weighted by molar-refractivity contribution is -0.785. The Balaban J connectivity index is 1.52. The summed E-state index contributed by atoms with van der Waals surface area (Å²) >= 11 is 0. The average molecular weight is 485 g/mol. The molecule has 2 atom stereocenters. The van der Waals surface area contributed by atoms with Crippen LogP contribution in [-0.2, 0) is 6.61 Å². The van der Waals surface area contributed by atoms with Crippen molar-refractivity contribution in [3.63, 3.8) is 0 Å². The molecule has 0 radical (unpaired) electrons. The van der Waals surface area contributed by atoms with Gasteiger partial charge in [-0.25, -0.2) is 4.79 Å². The quantitative estimate of drug-likeness (QED) is 0.278. The number of quaternary nitrogens is 1. The fraction of sp³-hybridized carbons (Fsp3) is 0.241. The summed E-state index contributed by atoms with van der Waals surface area (Å²) in [6.45, 7) is 2.67. The van der Waals surface area contributed by atoms with E-state index < -0.39 is 16.5 Å². The van der Waals surface area contributed by atoms with Gasteiger partial charge in [-0.2, -0.15) is 9.28 Å². The number of imide groups is 1. The maximum atomic E-state index is 14.0. The van der Waals surface area contributed by atoms with Crippen LogP contribution in [0.1, 0.15) is 35.7 Å². The van der Waals surface area contributed by atoms with Crippen LogP contribution in [0.15, 0.2) is 66.7 Å². The van der Waals surface area contributed by atoms with Crippen molar-refractivity contribution in [2.75, 3.05) is 13.3 Å². The molecule has 36 heavy (non-hydrogen) atoms. The van der Waals surface area contributed by atoms with Crippen LogP contribution in [0.2, 0.25) is 0 Å². The summed E-state index contributed by atoms with van der Waals surface area (Å²) in [5.74, 6) is 1.51. The molecule has 7 heteroatoms. The lowest BCUT2D eigenvalue weighted by Gasteiger charge is -2.30. The first-order valence-corrected chi connectivity index (χ1v) is 12.1. The first kappa shape index (κ1) is 22.4. The van der Waals surface area contributed by atoms with E-state index in [-0.39, 0.29) is 19.4 Å². The molecule has 2 amide bonds. The summed E-state index contributed by atoms with van der Waals surface area (Å²) in [6, 6.07) is 20.7. The van der Waals surface area contributed by atoms with E-state index in [1.165, 1.54) is 0 Å². The van der Waals surface area contributed by atoms with Crippen LogP contribution in [0.3, 0.4) is 0 Å². The molecule has 4 aromatic rings. The third-order valence-electron chi connectivity index (χ3n) is 7.48. The molecule has 0 aromatic heterocycles. The van der Waals surface area contributed by atoms with Gasteiger partial charge in [0, 0.05) is 12.8 Å². The first-order chi connectivity index (χ1) is 17.5. The predicted octanol–water partition coefficient (Wildman–Crippen LogP) is 6.12. The van der Waals surface area contributed by atoms with Crippen molar-refractivity contribution in [3.8, 4) is 17.2 Å². The van der Waals surface area contributed by atoms with Crippen molar-refractivity contribution in [1.82, 2.24) is 0 Å². The third-order valence-corrected chi connectivity index (χ3v) is 7.48. The lowest BCUT2D eigenvalue weighted by Crippen LogP contribution is -2.58. The van der Waals surface area contributed by atoms with Gasteiger partial charge in [-0.1, -0.05) is 30.3 Å². The van der Waals surface area contributed by atoms with Crippen LogP contribution in [-0.4, -0.2) is 41.0 Å². The van der Waals surface area contributed by atoms with Crippen LogP contribution in [0.4, 0.5) is 4.79 Å². The molecule has 0 bridgehead atoms. The van der Waals surface area contributed by atoms with Gasteiger partial charge in [-0.05, 0) is 70.4 Å². The second kappa shape index (κ2) is 8.53. The number of hydrogen-bond acceptors (Lipinski definition) is 5. The smallest absolute Gasteiger partial charge is 0.489 e. The number of nitrogens with zero attached hydrogens (tertiary/aromatic N) is 1. The van der Waals surface area contributed by atoms with Gasteiger partial charge < -0.3 is 19.3 Å². The summed E-state index contributed by atoms with van der Waals surface area (Å²) in [5.41, 5.74) is 1.44. The van der Waals surface area contributed by atoms with E-state index in [1.807, 2.05) is 67.6 Å². The van der Waals surface area contributed by atoms with Crippen LogP contribution in [0, 0.1) is 0 Å². The molecule has 0 spiro atoms. The number of fused-ring (bicyclic) bond motifs is 4. The van der Waals surface area contributed by atoms with E-state index in [0.717, 1.165) is 21.7 Å². The molecule has 0 saturated carbocycles. The topological polar surface area (TPSA) is 82.1 Å². The molecule has 2 aliphatic rings. The summed E-state index contributed by atoms with van der Waals surface area (Å²) < 4.78 is 16.7. The zero-order chi connectivity index (χ0) is 24.9. The molecule has 1 saturated heterocycles. The standard InChI is InChI=1S/C29H25NO6/c1-18-6-5-11-30(18,29(32)33)28(31)25-12-20-13-26-27(36-17-35-26)15-23(20)24-14-21(9-10-22(24)25)34-16-19-7-3-2-4-8-19/h2-4,7-10,12-15,18H,5-6,11,16-17H2,1H3/p+1/t18-,30?/m1/s1. The fourth-order valence-electron chi connectivity index (χ4n) is 5.50. The Bertz CT molecular complexity index is 1520. The number of amides is 2. The molecular weight excluding hydrogens is 458 g/mol. The average Bonchev–Trinajstić information content (AvgIpc) is 3.52. The number of likely N-dealkylation sites (tertiary alicyclic amines) is 1. The number of ether oxygens (including phenoxy) is 3. The van der Waals surface area contributed by atoms with Gasteiger partial charge in [0.1, 0.15) is 18.4 Å². The van der Waals surface area contributed by atoms with E-state index in [1.54, 1.807) is 6.07 Å². The molecule has 2 heterocycles. The molecule has 2 aliphatic heterocycles. The van der Waals surface area contributed by atoms with Gasteiger partial charge in [-0.15, -0.1) is 0 Å². The van der Waals surface area contributed by atoms with E-state index in [4.69, 9.17) is 14.2 Å². The Morgan fingerprint density at radius 1 is 0.972 bits per heavy atom. The van der Waals surface area contributed by atoms with Gasteiger partial charge in [0.2, 0.25) is 6.79 Å². The molecule has 4 aromatic carbocycles. The van der Waals surface area contributed by atoms with Crippen molar-refractivity contribution >= 4 is 33.5 Å². The largest absolute Gasteiger partial charge is 0.521 e. The molecule has 7 nitrogen and oxygen atoms in total. The zero-order valence-corrected chi connectivity index (χ0v) is 19.9. The molecule has 1 unspecified atom stereocenters. The second-order valence-electron chi connectivity index (χ2n) is 9.50. The van der Waals surface area contributed by atoms with E-state index in [0.29, 0.717) is 47.6 Å². The number of benzene rings is 4. The lowest BCUT2D eigenvalue weighted by atomic mass is 9.95. The van der Waals surface area contributed by atoms with Crippen LogP contribution in [0.25, 0.3) is 21.5 Å². The Morgan fingerprint density at radius 3 is 2.47 bits per heavy atom. The van der Waals surface area contributed by atoms with Crippen molar-refractivity contribution in [1.29, 1.82) is 0 Å². The van der Waals surface area contributed by atoms with E-state index in [2.05, 4.69) is 0 Å². The predicted molar refractivity (Wildman–Crippen MR) is 135 cm³/mol. The van der Waals surface area contributed by atoms with Gasteiger partial charge in [0.15, 0.2) is 11.5 Å². The summed E-state index contributed by atoms with van der Waals surface area (Å²) in [5, 5.41) is 13.4. The van der Waals surface area contributed by atoms with Crippen LogP contribution in [0.5, 0.6) is 17.2 Å². The Kier molecular flexibility index (Phi) is 5.30. The minimum absolute atomic E-state index is 0.136. The van der Waals surface area contributed by atoms with Crippen LogP contribution < -0.4 is 14.2 Å². The fourth-order valence-corrected chi connectivity index (χ4v) is 5.50. The summed E-state index contributed by atoms with van der Waals surface area (Å²) in [6.07, 6.45) is 0.285. The molecule has 1 N–H and O–H groups in total. The highest BCUT2D eigenvalue weighted by molar-refractivity contribution is 6.17. The summed E-state index contributed by atoms with van der Waals surface area (Å²) in [4.78, 5) is 26.5. The third kappa shape index (κ3) is 3.46. The minimum atomic E-state index is -1.10. The van der Waals surface area contributed by atoms with Crippen molar-refractivity contribution in [2.45, 2.75) is 32.4 Å². The molecule has 182 valence electrons. The zero-order valence-electron chi connectivity index (χ0n) is 19.9.